The fourth-order valence-corrected chi connectivity index (χ4v) is 2.02. The Morgan fingerprint density at radius 3 is 2.50 bits per heavy atom. The molecule has 0 spiro atoms. The van der Waals surface area contributed by atoms with Crippen LogP contribution in [0.15, 0.2) is 0 Å². The molecular formula is C11H21ClN4OS. The summed E-state index contributed by atoms with van der Waals surface area (Å²) in [7, 11) is 0. The number of nitrogens with zero attached hydrogens (tertiary/aromatic N) is 2. The molecule has 0 fully saturated rings. The van der Waals surface area contributed by atoms with E-state index in [-0.39, 0.29) is 24.2 Å². The molecule has 0 aliphatic heterocycles. The van der Waals surface area contributed by atoms with Crippen LogP contribution in [0.5, 0.6) is 0 Å². The maximum Gasteiger partial charge on any atom is 0.237 e. The number of hydrogen-bond donors (Lipinski definition) is 2. The van der Waals surface area contributed by atoms with Crippen LogP contribution >= 0.6 is 23.7 Å². The lowest BCUT2D eigenvalue weighted by Gasteiger charge is -2.17. The van der Waals surface area contributed by atoms with E-state index in [0.29, 0.717) is 6.54 Å². The highest BCUT2D eigenvalue weighted by atomic mass is 35.5. The largest absolute Gasteiger partial charge is 0.348 e. The van der Waals surface area contributed by atoms with E-state index in [4.69, 9.17) is 5.73 Å². The lowest BCUT2D eigenvalue weighted by Crippen LogP contribution is -2.44. The van der Waals surface area contributed by atoms with Gasteiger partial charge in [0.05, 0.1) is 12.6 Å². The highest BCUT2D eigenvalue weighted by molar-refractivity contribution is 7.11. The van der Waals surface area contributed by atoms with E-state index in [1.54, 1.807) is 0 Å². The van der Waals surface area contributed by atoms with Gasteiger partial charge in [-0.05, 0) is 12.3 Å². The highest BCUT2D eigenvalue weighted by Gasteiger charge is 2.19. The summed E-state index contributed by atoms with van der Waals surface area (Å²) in [6.45, 7) is 6.45. The molecule has 7 heteroatoms. The second-order valence-electron chi connectivity index (χ2n) is 4.07. The van der Waals surface area contributed by atoms with Crippen LogP contribution in [0, 0.1) is 5.92 Å². The van der Waals surface area contributed by atoms with Crippen molar-refractivity contribution < 1.29 is 4.79 Å². The lowest BCUT2D eigenvalue weighted by atomic mass is 9.99. The van der Waals surface area contributed by atoms with Crippen molar-refractivity contribution in [2.45, 2.75) is 46.2 Å². The van der Waals surface area contributed by atoms with Crippen LogP contribution < -0.4 is 11.1 Å². The van der Waals surface area contributed by atoms with Gasteiger partial charge in [-0.2, -0.15) is 0 Å². The molecule has 1 aromatic heterocycles. The third-order valence-corrected chi connectivity index (χ3v) is 3.85. The highest BCUT2D eigenvalue weighted by Crippen LogP contribution is 2.10. The first-order chi connectivity index (χ1) is 8.08. The third kappa shape index (κ3) is 4.88. The van der Waals surface area contributed by atoms with Crippen molar-refractivity contribution in [1.29, 1.82) is 0 Å². The summed E-state index contributed by atoms with van der Waals surface area (Å²) < 4.78 is 0. The van der Waals surface area contributed by atoms with Gasteiger partial charge in [-0.3, -0.25) is 4.79 Å². The van der Waals surface area contributed by atoms with Gasteiger partial charge in [0, 0.05) is 0 Å². The van der Waals surface area contributed by atoms with Gasteiger partial charge in [-0.15, -0.1) is 22.6 Å². The Bertz CT molecular complexity index is 372. The lowest BCUT2D eigenvalue weighted by molar-refractivity contribution is -0.123. The van der Waals surface area contributed by atoms with E-state index < -0.39 is 6.04 Å². The van der Waals surface area contributed by atoms with Crippen molar-refractivity contribution in [3.63, 3.8) is 0 Å². The first-order valence-electron chi connectivity index (χ1n) is 5.93. The van der Waals surface area contributed by atoms with Crippen LogP contribution in [0.25, 0.3) is 0 Å². The zero-order chi connectivity index (χ0) is 12.8. The molecule has 0 aromatic carbocycles. The fourth-order valence-electron chi connectivity index (χ4n) is 1.30. The maximum atomic E-state index is 11.7. The zero-order valence-corrected chi connectivity index (χ0v) is 12.6. The molecule has 2 atom stereocenters. The Kier molecular flexibility index (Phi) is 8.06. The average molecular weight is 293 g/mol. The molecule has 0 saturated carbocycles. The van der Waals surface area contributed by atoms with E-state index in [2.05, 4.69) is 15.5 Å². The average Bonchev–Trinajstić information content (AvgIpc) is 2.81. The Morgan fingerprint density at radius 1 is 1.39 bits per heavy atom. The molecule has 3 N–H and O–H groups in total. The number of nitrogens with one attached hydrogen (secondary N) is 1. The van der Waals surface area contributed by atoms with Gasteiger partial charge in [0.1, 0.15) is 10.0 Å². The SMILES string of the molecule is CCc1nnc(CNC(=O)[C@@H](N)[C@@H](C)CC)s1.Cl. The van der Waals surface area contributed by atoms with Crippen molar-refractivity contribution >= 4 is 29.7 Å². The number of aromatic nitrogens is 2. The fraction of sp³-hybridized carbons (Fsp3) is 0.727. The zero-order valence-electron chi connectivity index (χ0n) is 11.0. The number of aryl methyl sites for hydroxylation is 1. The number of hydrogen-bond acceptors (Lipinski definition) is 5. The summed E-state index contributed by atoms with van der Waals surface area (Å²) in [6.07, 6.45) is 1.77. The standard InChI is InChI=1S/C11H20N4OS.ClH/c1-4-7(3)10(12)11(16)13-6-9-15-14-8(5-2)17-9;/h7,10H,4-6,12H2,1-3H3,(H,13,16);1H/t7-,10-;/m0./s1. The van der Waals surface area contributed by atoms with E-state index >= 15 is 0 Å². The summed E-state index contributed by atoms with van der Waals surface area (Å²) >= 11 is 1.52. The Balaban J connectivity index is 0.00000289. The normalized spacial score (nSPS) is 13.6. The van der Waals surface area contributed by atoms with Gasteiger partial charge in [-0.25, -0.2) is 0 Å². The van der Waals surface area contributed by atoms with Crippen LogP contribution in [0.1, 0.15) is 37.2 Å². The second kappa shape index (κ2) is 8.39. The van der Waals surface area contributed by atoms with Gasteiger partial charge in [-0.1, -0.05) is 38.5 Å². The molecule has 0 aliphatic carbocycles. The van der Waals surface area contributed by atoms with E-state index in [1.165, 1.54) is 11.3 Å². The third-order valence-electron chi connectivity index (χ3n) is 2.78. The number of carbonyl (C=O) groups excluding carboxylic acids is 1. The molecule has 1 rings (SSSR count). The predicted octanol–water partition coefficient (Wildman–Crippen LogP) is 1.51. The summed E-state index contributed by atoms with van der Waals surface area (Å²) in [4.78, 5) is 11.7. The number of carbonyl (C=O) groups is 1. The van der Waals surface area contributed by atoms with E-state index in [0.717, 1.165) is 22.9 Å². The van der Waals surface area contributed by atoms with Crippen LogP contribution in [-0.2, 0) is 17.8 Å². The molecule has 0 unspecified atom stereocenters. The van der Waals surface area contributed by atoms with Gasteiger partial charge in [0.15, 0.2) is 0 Å². The van der Waals surface area contributed by atoms with Gasteiger partial charge >= 0.3 is 0 Å². The number of halogens is 1. The number of nitrogens with two attached hydrogens (primary N) is 1. The Morgan fingerprint density at radius 2 is 2.00 bits per heavy atom. The molecule has 1 heterocycles. The monoisotopic (exact) mass is 292 g/mol. The smallest absolute Gasteiger partial charge is 0.237 e. The van der Waals surface area contributed by atoms with Crippen molar-refractivity contribution in [3.05, 3.63) is 10.0 Å². The predicted molar refractivity (Wildman–Crippen MR) is 75.8 cm³/mol. The molecule has 0 saturated heterocycles. The van der Waals surface area contributed by atoms with Crippen LogP contribution in [-0.4, -0.2) is 22.1 Å². The minimum Gasteiger partial charge on any atom is -0.348 e. The van der Waals surface area contributed by atoms with E-state index in [1.807, 2.05) is 20.8 Å². The molecule has 1 aromatic rings. The van der Waals surface area contributed by atoms with Crippen LogP contribution in [0.3, 0.4) is 0 Å². The first kappa shape index (κ1) is 17.3. The molecule has 1 amide bonds. The van der Waals surface area contributed by atoms with Crippen molar-refractivity contribution in [3.8, 4) is 0 Å². The molecule has 104 valence electrons. The van der Waals surface area contributed by atoms with E-state index in [9.17, 15) is 4.79 Å². The van der Waals surface area contributed by atoms with Crippen molar-refractivity contribution in [1.82, 2.24) is 15.5 Å². The molecule has 0 radical (unpaired) electrons. The Labute approximate surface area is 118 Å². The maximum absolute atomic E-state index is 11.7. The summed E-state index contributed by atoms with van der Waals surface area (Å²) in [6, 6.07) is -0.446. The summed E-state index contributed by atoms with van der Waals surface area (Å²) in [5, 5.41) is 12.6. The molecule has 18 heavy (non-hydrogen) atoms. The van der Waals surface area contributed by atoms with Gasteiger partial charge in [0.25, 0.3) is 0 Å². The minimum absolute atomic E-state index is 0. The second-order valence-corrected chi connectivity index (χ2v) is 5.22. The Hall–Kier alpha value is -0.720. The molecule has 5 nitrogen and oxygen atoms in total. The number of rotatable bonds is 6. The van der Waals surface area contributed by atoms with Crippen molar-refractivity contribution in [2.75, 3.05) is 0 Å². The van der Waals surface area contributed by atoms with Gasteiger partial charge in [0.2, 0.25) is 5.91 Å². The quantitative estimate of drug-likeness (QED) is 0.833. The molecule has 0 aliphatic rings. The van der Waals surface area contributed by atoms with Crippen LogP contribution in [0.4, 0.5) is 0 Å². The first-order valence-corrected chi connectivity index (χ1v) is 6.74. The molecular weight excluding hydrogens is 272 g/mol. The summed E-state index contributed by atoms with van der Waals surface area (Å²) in [5.41, 5.74) is 5.82. The number of amides is 1. The van der Waals surface area contributed by atoms with Crippen LogP contribution in [0.2, 0.25) is 0 Å². The minimum atomic E-state index is -0.446. The van der Waals surface area contributed by atoms with Gasteiger partial charge < -0.3 is 11.1 Å². The molecule has 0 bridgehead atoms. The topological polar surface area (TPSA) is 80.9 Å². The van der Waals surface area contributed by atoms with Crippen molar-refractivity contribution in [2.24, 2.45) is 11.7 Å². The summed E-state index contributed by atoms with van der Waals surface area (Å²) in [5.74, 6) is 0.0724.